The van der Waals surface area contributed by atoms with Crippen LogP contribution in [0, 0.1) is 13.8 Å². The SMILES string of the molecule is CCN(CC)C(CNC(=NC)NCCc1c(C)noc1C)c1ccccc1Cl. The highest BCUT2D eigenvalue weighted by Crippen LogP contribution is 2.26. The summed E-state index contributed by atoms with van der Waals surface area (Å²) in [5.74, 6) is 1.65. The molecule has 0 saturated carbocycles. The summed E-state index contributed by atoms with van der Waals surface area (Å²) in [4.78, 5) is 6.75. The van der Waals surface area contributed by atoms with Gasteiger partial charge in [0.15, 0.2) is 5.96 Å². The monoisotopic (exact) mass is 405 g/mol. The molecule has 154 valence electrons. The van der Waals surface area contributed by atoms with E-state index in [2.05, 4.69) is 45.6 Å². The second-order valence-electron chi connectivity index (χ2n) is 6.69. The topological polar surface area (TPSA) is 65.7 Å². The largest absolute Gasteiger partial charge is 0.361 e. The third-order valence-electron chi connectivity index (χ3n) is 5.05. The Morgan fingerprint density at radius 2 is 1.93 bits per heavy atom. The molecule has 2 aromatic rings. The molecule has 28 heavy (non-hydrogen) atoms. The number of nitrogens with zero attached hydrogens (tertiary/aromatic N) is 3. The van der Waals surface area contributed by atoms with E-state index in [4.69, 9.17) is 16.1 Å². The van der Waals surface area contributed by atoms with Gasteiger partial charge in [-0.05, 0) is 45.0 Å². The van der Waals surface area contributed by atoms with Crippen molar-refractivity contribution in [2.75, 3.05) is 33.2 Å². The van der Waals surface area contributed by atoms with Crippen molar-refractivity contribution in [3.05, 3.63) is 51.9 Å². The van der Waals surface area contributed by atoms with Crippen LogP contribution < -0.4 is 10.6 Å². The Balaban J connectivity index is 1.99. The van der Waals surface area contributed by atoms with Gasteiger partial charge in [0, 0.05) is 30.7 Å². The van der Waals surface area contributed by atoms with Gasteiger partial charge in [0.2, 0.25) is 0 Å². The van der Waals surface area contributed by atoms with Crippen LogP contribution in [-0.2, 0) is 6.42 Å². The molecule has 1 aromatic carbocycles. The average molecular weight is 406 g/mol. The van der Waals surface area contributed by atoms with Gasteiger partial charge in [-0.3, -0.25) is 9.89 Å². The maximum Gasteiger partial charge on any atom is 0.191 e. The highest BCUT2D eigenvalue weighted by molar-refractivity contribution is 6.31. The third-order valence-corrected chi connectivity index (χ3v) is 5.40. The van der Waals surface area contributed by atoms with E-state index in [1.54, 1.807) is 7.05 Å². The van der Waals surface area contributed by atoms with E-state index in [9.17, 15) is 0 Å². The maximum atomic E-state index is 6.48. The summed E-state index contributed by atoms with van der Waals surface area (Å²) in [6, 6.07) is 8.22. The van der Waals surface area contributed by atoms with E-state index in [0.29, 0.717) is 0 Å². The van der Waals surface area contributed by atoms with Crippen LogP contribution in [0.1, 0.15) is 42.5 Å². The van der Waals surface area contributed by atoms with Gasteiger partial charge < -0.3 is 15.2 Å². The van der Waals surface area contributed by atoms with Crippen molar-refractivity contribution in [3.63, 3.8) is 0 Å². The molecule has 1 unspecified atom stereocenters. The highest BCUT2D eigenvalue weighted by Gasteiger charge is 2.20. The molecule has 2 N–H and O–H groups in total. The van der Waals surface area contributed by atoms with E-state index in [0.717, 1.165) is 66.2 Å². The van der Waals surface area contributed by atoms with E-state index in [-0.39, 0.29) is 6.04 Å². The zero-order valence-electron chi connectivity index (χ0n) is 17.6. The molecule has 7 heteroatoms. The summed E-state index contributed by atoms with van der Waals surface area (Å²) in [5, 5.41) is 11.6. The van der Waals surface area contributed by atoms with Crippen LogP contribution in [-0.4, -0.2) is 49.2 Å². The minimum absolute atomic E-state index is 0.171. The Labute approximate surface area is 173 Å². The minimum atomic E-state index is 0.171. The first-order valence-electron chi connectivity index (χ1n) is 9.86. The molecular weight excluding hydrogens is 374 g/mol. The molecule has 0 radical (unpaired) electrons. The van der Waals surface area contributed by atoms with Crippen molar-refractivity contribution in [2.45, 2.75) is 40.2 Å². The van der Waals surface area contributed by atoms with Gasteiger partial charge in [-0.25, -0.2) is 0 Å². The van der Waals surface area contributed by atoms with E-state index >= 15 is 0 Å². The van der Waals surface area contributed by atoms with Crippen LogP contribution in [0.3, 0.4) is 0 Å². The van der Waals surface area contributed by atoms with Crippen molar-refractivity contribution in [3.8, 4) is 0 Å². The zero-order valence-corrected chi connectivity index (χ0v) is 18.3. The number of aromatic nitrogens is 1. The molecule has 0 bridgehead atoms. The van der Waals surface area contributed by atoms with E-state index in [1.165, 1.54) is 0 Å². The first kappa shape index (κ1) is 22.2. The molecule has 0 aliphatic heterocycles. The number of rotatable bonds is 9. The normalized spacial score (nSPS) is 13.0. The summed E-state index contributed by atoms with van der Waals surface area (Å²) in [6.07, 6.45) is 0.839. The van der Waals surface area contributed by atoms with Gasteiger partial charge in [0.25, 0.3) is 0 Å². The molecule has 0 fully saturated rings. The summed E-state index contributed by atoms with van der Waals surface area (Å²) >= 11 is 6.48. The van der Waals surface area contributed by atoms with Crippen molar-refractivity contribution in [1.82, 2.24) is 20.7 Å². The van der Waals surface area contributed by atoms with Gasteiger partial charge in [0.05, 0.1) is 11.7 Å². The van der Waals surface area contributed by atoms with Gasteiger partial charge >= 0.3 is 0 Å². The predicted octanol–water partition coefficient (Wildman–Crippen LogP) is 3.74. The zero-order chi connectivity index (χ0) is 20.5. The number of likely N-dealkylation sites (N-methyl/N-ethyl adjacent to an activating group) is 1. The van der Waals surface area contributed by atoms with Crippen LogP contribution >= 0.6 is 11.6 Å². The summed E-state index contributed by atoms with van der Waals surface area (Å²) in [5.41, 5.74) is 3.23. The second-order valence-corrected chi connectivity index (χ2v) is 7.10. The second kappa shape index (κ2) is 11.1. The summed E-state index contributed by atoms with van der Waals surface area (Å²) in [7, 11) is 1.78. The molecule has 2 rings (SSSR count). The lowest BCUT2D eigenvalue weighted by molar-refractivity contribution is 0.219. The molecule has 1 aromatic heterocycles. The van der Waals surface area contributed by atoms with Crippen LogP contribution in [0.15, 0.2) is 33.8 Å². The molecule has 0 aliphatic rings. The predicted molar refractivity (Wildman–Crippen MR) is 116 cm³/mol. The molecule has 1 atom stereocenters. The Morgan fingerprint density at radius 1 is 1.21 bits per heavy atom. The lowest BCUT2D eigenvalue weighted by Crippen LogP contribution is -2.43. The number of nitrogens with one attached hydrogen (secondary N) is 2. The van der Waals surface area contributed by atoms with Crippen molar-refractivity contribution in [1.29, 1.82) is 0 Å². The highest BCUT2D eigenvalue weighted by atomic mass is 35.5. The fourth-order valence-corrected chi connectivity index (χ4v) is 3.69. The molecule has 0 amide bonds. The van der Waals surface area contributed by atoms with Gasteiger partial charge in [-0.2, -0.15) is 0 Å². The fourth-order valence-electron chi connectivity index (χ4n) is 3.42. The van der Waals surface area contributed by atoms with Crippen molar-refractivity contribution in [2.24, 2.45) is 4.99 Å². The van der Waals surface area contributed by atoms with Crippen LogP contribution in [0.4, 0.5) is 0 Å². The number of benzene rings is 1. The number of guanidine groups is 1. The standard InChI is InChI=1S/C21H32ClN5O/c1-6-27(7-2)20(18-10-8-9-11-19(18)22)14-25-21(23-5)24-13-12-17-15(3)26-28-16(17)4/h8-11,20H,6-7,12-14H2,1-5H3,(H2,23,24,25). The first-order chi connectivity index (χ1) is 13.5. The van der Waals surface area contributed by atoms with Gasteiger partial charge in [0.1, 0.15) is 5.76 Å². The molecular formula is C21H32ClN5O. The van der Waals surface area contributed by atoms with Crippen molar-refractivity contribution < 1.29 is 4.52 Å². The number of hydrogen-bond donors (Lipinski definition) is 2. The molecule has 0 saturated heterocycles. The smallest absolute Gasteiger partial charge is 0.191 e. The van der Waals surface area contributed by atoms with Gasteiger partial charge in [-0.15, -0.1) is 0 Å². The lowest BCUT2D eigenvalue weighted by atomic mass is 10.0. The number of aliphatic imine (C=N–C) groups is 1. The molecule has 0 spiro atoms. The first-order valence-corrected chi connectivity index (χ1v) is 10.2. The van der Waals surface area contributed by atoms with Crippen LogP contribution in [0.25, 0.3) is 0 Å². The number of hydrogen-bond acceptors (Lipinski definition) is 4. The average Bonchev–Trinajstić information content (AvgIpc) is 3.02. The van der Waals surface area contributed by atoms with Crippen molar-refractivity contribution >= 4 is 17.6 Å². The molecule has 6 nitrogen and oxygen atoms in total. The van der Waals surface area contributed by atoms with Crippen LogP contribution in [0.2, 0.25) is 5.02 Å². The Kier molecular flexibility index (Phi) is 8.80. The third kappa shape index (κ3) is 5.72. The fraction of sp³-hybridized carbons (Fsp3) is 0.524. The number of halogens is 1. The van der Waals surface area contributed by atoms with E-state index < -0.39 is 0 Å². The molecule has 1 heterocycles. The van der Waals surface area contributed by atoms with Crippen LogP contribution in [0.5, 0.6) is 0 Å². The Hall–Kier alpha value is -2.05. The molecule has 0 aliphatic carbocycles. The lowest BCUT2D eigenvalue weighted by Gasteiger charge is -2.31. The Morgan fingerprint density at radius 3 is 2.50 bits per heavy atom. The maximum absolute atomic E-state index is 6.48. The van der Waals surface area contributed by atoms with Gasteiger partial charge in [-0.1, -0.05) is 48.8 Å². The summed E-state index contributed by atoms with van der Waals surface area (Å²) in [6.45, 7) is 11.6. The number of aryl methyl sites for hydroxylation is 2. The van der Waals surface area contributed by atoms with E-state index in [1.807, 2.05) is 32.0 Å². The Bertz CT molecular complexity index is 750. The summed E-state index contributed by atoms with van der Waals surface area (Å²) < 4.78 is 5.23. The quantitative estimate of drug-likeness (QED) is 0.491. The minimum Gasteiger partial charge on any atom is -0.361 e.